The van der Waals surface area contributed by atoms with Crippen molar-refractivity contribution in [1.82, 2.24) is 5.32 Å². The number of aliphatic hydroxyl groups is 1. The number of ether oxygens (including phenoxy) is 1. The van der Waals surface area contributed by atoms with Crippen LogP contribution in [0.25, 0.3) is 0 Å². The lowest BCUT2D eigenvalue weighted by molar-refractivity contribution is 0.0926. The van der Waals surface area contributed by atoms with E-state index in [1.807, 2.05) is 12.1 Å². The molecule has 20 heavy (non-hydrogen) atoms. The zero-order valence-electron chi connectivity index (χ0n) is 12.3. The van der Waals surface area contributed by atoms with Crippen molar-refractivity contribution < 1.29 is 9.84 Å². The van der Waals surface area contributed by atoms with Crippen LogP contribution in [0.5, 0.6) is 5.75 Å². The third-order valence-corrected chi connectivity index (χ3v) is 4.95. The van der Waals surface area contributed by atoms with Gasteiger partial charge in [-0.15, -0.1) is 0 Å². The first-order valence-electron chi connectivity index (χ1n) is 7.81. The van der Waals surface area contributed by atoms with E-state index in [0.717, 1.165) is 37.5 Å². The number of rotatable bonds is 4. The van der Waals surface area contributed by atoms with Crippen molar-refractivity contribution in [2.45, 2.75) is 50.7 Å². The first-order valence-corrected chi connectivity index (χ1v) is 7.81. The van der Waals surface area contributed by atoms with Gasteiger partial charge in [-0.05, 0) is 43.2 Å². The number of nitrogens with one attached hydrogen (secondary N) is 1. The normalized spacial score (nSPS) is 32.7. The molecule has 1 atom stereocenters. The summed E-state index contributed by atoms with van der Waals surface area (Å²) in [5, 5.41) is 13.4. The molecule has 1 saturated carbocycles. The summed E-state index contributed by atoms with van der Waals surface area (Å²) in [5.74, 6) is 1.82. The standard InChI is InChI=1S/C17H25NO2/c1-13-6-8-17(12-19,9-7-13)18-11-15-10-14-4-2-3-5-16(14)20-15/h2-5,13,15,18-19H,6-12H2,1H3. The Morgan fingerprint density at radius 3 is 2.75 bits per heavy atom. The quantitative estimate of drug-likeness (QED) is 0.887. The van der Waals surface area contributed by atoms with Crippen molar-refractivity contribution in [3.8, 4) is 5.75 Å². The van der Waals surface area contributed by atoms with E-state index in [2.05, 4.69) is 24.4 Å². The monoisotopic (exact) mass is 275 g/mol. The van der Waals surface area contributed by atoms with Crippen LogP contribution in [0.1, 0.15) is 38.2 Å². The predicted octanol–water partition coefficient (Wildman–Crippen LogP) is 2.52. The third kappa shape index (κ3) is 2.84. The van der Waals surface area contributed by atoms with E-state index >= 15 is 0 Å². The van der Waals surface area contributed by atoms with Gasteiger partial charge in [0.2, 0.25) is 0 Å². The molecule has 1 heterocycles. The zero-order valence-corrected chi connectivity index (χ0v) is 12.3. The lowest BCUT2D eigenvalue weighted by Gasteiger charge is -2.39. The first-order chi connectivity index (χ1) is 9.71. The van der Waals surface area contributed by atoms with E-state index in [-0.39, 0.29) is 18.2 Å². The largest absolute Gasteiger partial charge is 0.488 e. The maximum absolute atomic E-state index is 9.77. The van der Waals surface area contributed by atoms with Crippen LogP contribution in [0.4, 0.5) is 0 Å². The number of benzene rings is 1. The average Bonchev–Trinajstić information content (AvgIpc) is 2.90. The first kappa shape index (κ1) is 13.9. The fourth-order valence-electron chi connectivity index (χ4n) is 3.40. The van der Waals surface area contributed by atoms with Crippen molar-refractivity contribution in [3.05, 3.63) is 29.8 Å². The van der Waals surface area contributed by atoms with E-state index in [1.165, 1.54) is 18.4 Å². The van der Waals surface area contributed by atoms with Crippen molar-refractivity contribution in [2.24, 2.45) is 5.92 Å². The molecule has 3 heteroatoms. The van der Waals surface area contributed by atoms with Crippen LogP contribution < -0.4 is 10.1 Å². The summed E-state index contributed by atoms with van der Waals surface area (Å²) in [6.07, 6.45) is 5.74. The van der Waals surface area contributed by atoms with Gasteiger partial charge in [-0.1, -0.05) is 25.1 Å². The minimum Gasteiger partial charge on any atom is -0.488 e. The topological polar surface area (TPSA) is 41.5 Å². The molecule has 0 aromatic heterocycles. The van der Waals surface area contributed by atoms with E-state index < -0.39 is 0 Å². The van der Waals surface area contributed by atoms with Gasteiger partial charge in [-0.2, -0.15) is 0 Å². The molecule has 1 aliphatic carbocycles. The highest BCUT2D eigenvalue weighted by molar-refractivity contribution is 5.37. The molecule has 0 saturated heterocycles. The molecule has 0 radical (unpaired) electrons. The Morgan fingerprint density at radius 1 is 1.30 bits per heavy atom. The van der Waals surface area contributed by atoms with Gasteiger partial charge < -0.3 is 15.2 Å². The summed E-state index contributed by atoms with van der Waals surface area (Å²) in [6.45, 7) is 3.36. The number of hydrogen-bond acceptors (Lipinski definition) is 3. The molecular weight excluding hydrogens is 250 g/mol. The second-order valence-electron chi connectivity index (χ2n) is 6.55. The van der Waals surface area contributed by atoms with Crippen molar-refractivity contribution in [3.63, 3.8) is 0 Å². The molecule has 110 valence electrons. The molecule has 1 aromatic rings. The average molecular weight is 275 g/mol. The highest BCUT2D eigenvalue weighted by Gasteiger charge is 2.34. The van der Waals surface area contributed by atoms with Gasteiger partial charge in [0.1, 0.15) is 11.9 Å². The summed E-state index contributed by atoms with van der Waals surface area (Å²) in [7, 11) is 0. The van der Waals surface area contributed by atoms with Crippen LogP contribution in [-0.4, -0.2) is 29.9 Å². The van der Waals surface area contributed by atoms with Crippen LogP contribution in [-0.2, 0) is 6.42 Å². The second kappa shape index (κ2) is 5.74. The Bertz CT molecular complexity index is 427. The number of para-hydroxylation sites is 1. The third-order valence-electron chi connectivity index (χ3n) is 4.95. The highest BCUT2D eigenvalue weighted by atomic mass is 16.5. The van der Waals surface area contributed by atoms with Gasteiger partial charge in [0.05, 0.1) is 6.61 Å². The Kier molecular flexibility index (Phi) is 3.99. The zero-order chi connectivity index (χ0) is 14.0. The maximum atomic E-state index is 9.77. The van der Waals surface area contributed by atoms with Gasteiger partial charge in [-0.25, -0.2) is 0 Å². The Morgan fingerprint density at radius 2 is 2.05 bits per heavy atom. The van der Waals surface area contributed by atoms with Gasteiger partial charge in [-0.3, -0.25) is 0 Å². The van der Waals surface area contributed by atoms with Crippen LogP contribution in [0.15, 0.2) is 24.3 Å². The van der Waals surface area contributed by atoms with Crippen LogP contribution in [0, 0.1) is 5.92 Å². The van der Waals surface area contributed by atoms with Gasteiger partial charge >= 0.3 is 0 Å². The lowest BCUT2D eigenvalue weighted by atomic mass is 9.77. The summed E-state index contributed by atoms with van der Waals surface area (Å²) in [4.78, 5) is 0. The van der Waals surface area contributed by atoms with E-state index in [9.17, 15) is 5.11 Å². The molecule has 1 aliphatic heterocycles. The minimum atomic E-state index is -0.0787. The second-order valence-corrected chi connectivity index (χ2v) is 6.55. The Labute approximate surface area is 121 Å². The Balaban J connectivity index is 1.55. The van der Waals surface area contributed by atoms with Crippen LogP contribution in [0.3, 0.4) is 0 Å². The summed E-state index contributed by atoms with van der Waals surface area (Å²) in [5.41, 5.74) is 1.22. The van der Waals surface area contributed by atoms with Gasteiger partial charge in [0.15, 0.2) is 0 Å². The highest BCUT2D eigenvalue weighted by Crippen LogP contribution is 2.32. The van der Waals surface area contributed by atoms with E-state index in [4.69, 9.17) is 4.74 Å². The summed E-state index contributed by atoms with van der Waals surface area (Å²) in [6, 6.07) is 8.26. The lowest BCUT2D eigenvalue weighted by Crippen LogP contribution is -2.53. The van der Waals surface area contributed by atoms with Crippen LogP contribution >= 0.6 is 0 Å². The Hall–Kier alpha value is -1.06. The molecule has 0 spiro atoms. The molecule has 3 rings (SSSR count). The smallest absolute Gasteiger partial charge is 0.123 e. The van der Waals surface area contributed by atoms with E-state index in [1.54, 1.807) is 0 Å². The predicted molar refractivity (Wildman–Crippen MR) is 80.0 cm³/mol. The molecule has 3 nitrogen and oxygen atoms in total. The van der Waals surface area contributed by atoms with E-state index in [0.29, 0.717) is 0 Å². The summed E-state index contributed by atoms with van der Waals surface area (Å²) >= 11 is 0. The molecule has 0 bridgehead atoms. The SMILES string of the molecule is CC1CCC(CO)(NCC2Cc3ccccc3O2)CC1. The maximum Gasteiger partial charge on any atom is 0.123 e. The van der Waals surface area contributed by atoms with Crippen molar-refractivity contribution in [2.75, 3.05) is 13.2 Å². The molecule has 1 aromatic carbocycles. The molecule has 1 fully saturated rings. The van der Waals surface area contributed by atoms with Crippen LogP contribution in [0.2, 0.25) is 0 Å². The molecular formula is C17H25NO2. The molecule has 1 unspecified atom stereocenters. The molecule has 2 aliphatic rings. The number of aliphatic hydroxyl groups excluding tert-OH is 1. The van der Waals surface area contributed by atoms with Gasteiger partial charge in [0, 0.05) is 18.5 Å². The number of fused-ring (bicyclic) bond motifs is 1. The molecule has 0 amide bonds. The van der Waals surface area contributed by atoms with Crippen molar-refractivity contribution in [1.29, 1.82) is 0 Å². The minimum absolute atomic E-state index is 0.0787. The van der Waals surface area contributed by atoms with Gasteiger partial charge in [0.25, 0.3) is 0 Å². The fraction of sp³-hybridized carbons (Fsp3) is 0.647. The molecule has 2 N–H and O–H groups in total. The number of hydrogen-bond donors (Lipinski definition) is 2. The van der Waals surface area contributed by atoms with Crippen molar-refractivity contribution >= 4 is 0 Å². The summed E-state index contributed by atoms with van der Waals surface area (Å²) < 4.78 is 5.96. The fourth-order valence-corrected chi connectivity index (χ4v) is 3.40.